The number of amides is 3. The zero-order valence-electron chi connectivity index (χ0n) is 32.5. The van der Waals surface area contributed by atoms with Crippen LogP contribution < -0.4 is 16.0 Å². The van der Waals surface area contributed by atoms with Gasteiger partial charge in [0.1, 0.15) is 29.0 Å². The van der Waals surface area contributed by atoms with Gasteiger partial charge >= 0.3 is 12.0 Å². The Morgan fingerprint density at radius 2 is 1.54 bits per heavy atom. The SMILES string of the molecule is CC(=O)NC1(C)C(C)(COC[C@]2(C)OC(C)(CO)[C@@H](C)C(C)(O)C2(C)O)[C@H](O)C(C)(CO)O[C@@]1(C)COC(=O)CCCCC1SC[C@@H]2NC(=O)N[C@H]12. The predicted octanol–water partition coefficient (Wildman–Crippen LogP) is 0.752. The highest BCUT2D eigenvalue weighted by atomic mass is 32.2. The Kier molecular flexibility index (Phi) is 12.2. The molecule has 0 aromatic carbocycles. The van der Waals surface area contributed by atoms with Crippen molar-refractivity contribution in [3.05, 3.63) is 0 Å². The molecule has 15 nitrogen and oxygen atoms in total. The van der Waals surface area contributed by atoms with Gasteiger partial charge in [0.05, 0.1) is 61.4 Å². The van der Waals surface area contributed by atoms with Gasteiger partial charge in [0, 0.05) is 35.7 Å². The molecule has 8 N–H and O–H groups in total. The molecule has 300 valence electrons. The fraction of sp³-hybridized carbons (Fsp3) is 0.917. The molecule has 13 atom stereocenters. The van der Waals surface area contributed by atoms with Crippen molar-refractivity contribution in [3.8, 4) is 0 Å². The van der Waals surface area contributed by atoms with Crippen LogP contribution in [-0.4, -0.2) is 145 Å². The van der Waals surface area contributed by atoms with E-state index in [0.29, 0.717) is 6.42 Å². The van der Waals surface area contributed by atoms with Crippen molar-refractivity contribution in [1.29, 1.82) is 0 Å². The third kappa shape index (κ3) is 7.09. The Morgan fingerprint density at radius 3 is 2.13 bits per heavy atom. The molecule has 7 unspecified atom stereocenters. The molecule has 4 aliphatic rings. The molecule has 16 heteroatoms. The summed E-state index contributed by atoms with van der Waals surface area (Å²) in [6, 6.07) is 0.0668. The third-order valence-electron chi connectivity index (χ3n) is 13.5. The summed E-state index contributed by atoms with van der Waals surface area (Å²) in [6.07, 6.45) is 0.860. The van der Waals surface area contributed by atoms with Crippen LogP contribution in [0.2, 0.25) is 0 Å². The second kappa shape index (κ2) is 14.7. The molecule has 0 bridgehead atoms. The predicted molar refractivity (Wildman–Crippen MR) is 192 cm³/mol. The minimum atomic E-state index is -1.87. The molecular formula is C36H63N3O12S. The lowest BCUT2D eigenvalue weighted by atomic mass is 9.55. The number of rotatable bonds is 14. The highest BCUT2D eigenvalue weighted by Crippen LogP contribution is 2.55. The largest absolute Gasteiger partial charge is 0.463 e. The molecule has 0 saturated carbocycles. The molecule has 4 aliphatic heterocycles. The minimum absolute atomic E-state index is 0.0827. The molecule has 0 aromatic heterocycles. The topological polar surface area (TPSA) is 225 Å². The number of urea groups is 1. The van der Waals surface area contributed by atoms with Gasteiger partial charge in [-0.05, 0) is 61.3 Å². The van der Waals surface area contributed by atoms with E-state index in [-0.39, 0.29) is 49.6 Å². The first-order chi connectivity index (χ1) is 23.8. The number of hydrogen-bond acceptors (Lipinski definition) is 13. The number of ether oxygens (including phenoxy) is 4. The van der Waals surface area contributed by atoms with Crippen LogP contribution in [0.3, 0.4) is 0 Å². The Labute approximate surface area is 311 Å². The zero-order chi connectivity index (χ0) is 39.3. The van der Waals surface area contributed by atoms with E-state index in [1.54, 1.807) is 41.5 Å². The van der Waals surface area contributed by atoms with Gasteiger partial charge in [-0.25, -0.2) is 4.79 Å². The lowest BCUT2D eigenvalue weighted by Gasteiger charge is -2.65. The number of fused-ring (bicyclic) bond motifs is 1. The minimum Gasteiger partial charge on any atom is -0.463 e. The van der Waals surface area contributed by atoms with Gasteiger partial charge in [0.15, 0.2) is 0 Å². The number of thioether (sulfide) groups is 1. The Hall–Kier alpha value is -1.76. The molecule has 4 rings (SSSR count). The summed E-state index contributed by atoms with van der Waals surface area (Å²) in [5, 5.41) is 65.2. The first-order valence-corrected chi connectivity index (χ1v) is 19.3. The second-order valence-corrected chi connectivity index (χ2v) is 18.5. The van der Waals surface area contributed by atoms with Crippen molar-refractivity contribution < 1.29 is 58.9 Å². The summed E-state index contributed by atoms with van der Waals surface area (Å²) in [5.41, 5.74) is -12.4. The van der Waals surface area contributed by atoms with Crippen molar-refractivity contribution >= 4 is 29.7 Å². The quantitative estimate of drug-likeness (QED) is 0.0696. The maximum Gasteiger partial charge on any atom is 0.315 e. The van der Waals surface area contributed by atoms with Crippen LogP contribution in [0.4, 0.5) is 4.79 Å². The molecule has 4 fully saturated rings. The summed E-state index contributed by atoms with van der Waals surface area (Å²) in [6.45, 7) is 13.7. The van der Waals surface area contributed by atoms with E-state index >= 15 is 0 Å². The highest BCUT2D eigenvalue weighted by molar-refractivity contribution is 8.00. The fourth-order valence-corrected chi connectivity index (χ4v) is 10.5. The third-order valence-corrected chi connectivity index (χ3v) is 15.0. The van der Waals surface area contributed by atoms with Gasteiger partial charge in [-0.15, -0.1) is 0 Å². The average Bonchev–Trinajstić information content (AvgIpc) is 3.61. The molecule has 52 heavy (non-hydrogen) atoms. The molecular weight excluding hydrogens is 698 g/mol. The smallest absolute Gasteiger partial charge is 0.315 e. The average molecular weight is 762 g/mol. The van der Waals surface area contributed by atoms with Crippen LogP contribution >= 0.6 is 11.8 Å². The van der Waals surface area contributed by atoms with Crippen molar-refractivity contribution in [2.75, 3.05) is 38.8 Å². The Balaban J connectivity index is 1.51. The van der Waals surface area contributed by atoms with Crippen LogP contribution in [0.15, 0.2) is 0 Å². The van der Waals surface area contributed by atoms with E-state index in [0.717, 1.165) is 18.6 Å². The Bertz CT molecular complexity index is 1360. The Morgan fingerprint density at radius 1 is 0.923 bits per heavy atom. The monoisotopic (exact) mass is 761 g/mol. The van der Waals surface area contributed by atoms with E-state index < -0.39 is 81.7 Å². The summed E-state index contributed by atoms with van der Waals surface area (Å²) in [7, 11) is 0. The standard InChI is InChI=1S/C36H63N3O12S/c1-21-30(4,16-40)50-33(7,36(10,47)34(21,8)46)19-48-18-29(3)27(44)31(5,17-41)51-32(6,35(29,9)39-22(2)42)20-49-25(43)14-12-11-13-24-26-23(15-52-24)37-28(45)38-26/h21,23-24,26-27,40-41,44,46-47H,11-20H2,1-10H3,(H,39,42)(H2,37,38,45)/t21-,23+,24?,26+,27+,29?,30?,31?,32+,33+,34?,35?,36?/m1/s1. The van der Waals surface area contributed by atoms with Gasteiger partial charge in [0.25, 0.3) is 0 Å². The van der Waals surface area contributed by atoms with Crippen LogP contribution in [0.5, 0.6) is 0 Å². The zero-order valence-corrected chi connectivity index (χ0v) is 33.3. The van der Waals surface area contributed by atoms with E-state index in [2.05, 4.69) is 16.0 Å². The first kappa shape index (κ1) is 43.0. The second-order valence-electron chi connectivity index (χ2n) is 17.2. The number of carbonyl (C=O) groups is 3. The van der Waals surface area contributed by atoms with E-state index in [1.807, 2.05) is 11.8 Å². The molecule has 0 aliphatic carbocycles. The van der Waals surface area contributed by atoms with Gasteiger partial charge in [0.2, 0.25) is 5.91 Å². The van der Waals surface area contributed by atoms with Gasteiger partial charge in [-0.2, -0.15) is 11.8 Å². The molecule has 0 spiro atoms. The highest BCUT2D eigenvalue weighted by Gasteiger charge is 2.71. The number of nitrogens with one attached hydrogen (secondary N) is 3. The van der Waals surface area contributed by atoms with Crippen LogP contribution in [0.25, 0.3) is 0 Å². The van der Waals surface area contributed by atoms with Gasteiger partial charge in [-0.3, -0.25) is 9.59 Å². The van der Waals surface area contributed by atoms with Crippen molar-refractivity contribution in [3.63, 3.8) is 0 Å². The van der Waals surface area contributed by atoms with E-state index in [4.69, 9.17) is 18.9 Å². The van der Waals surface area contributed by atoms with Crippen LogP contribution in [0.1, 0.15) is 94.9 Å². The molecule has 4 saturated heterocycles. The van der Waals surface area contributed by atoms with Crippen LogP contribution in [0, 0.1) is 11.3 Å². The van der Waals surface area contributed by atoms with Crippen molar-refractivity contribution in [1.82, 2.24) is 16.0 Å². The summed E-state index contributed by atoms with van der Waals surface area (Å²) < 4.78 is 24.9. The number of unbranched alkanes of at least 4 members (excludes halogenated alkanes) is 1. The lowest BCUT2D eigenvalue weighted by molar-refractivity contribution is -0.368. The number of hydrogen-bond donors (Lipinski definition) is 8. The van der Waals surface area contributed by atoms with E-state index in [9.17, 15) is 39.9 Å². The van der Waals surface area contributed by atoms with Gasteiger partial charge < -0.3 is 60.4 Å². The summed E-state index contributed by atoms with van der Waals surface area (Å²) >= 11 is 1.81. The van der Waals surface area contributed by atoms with Crippen LogP contribution in [-0.2, 0) is 28.5 Å². The molecule has 4 heterocycles. The summed E-state index contributed by atoms with van der Waals surface area (Å²) in [4.78, 5) is 37.6. The number of esters is 1. The number of aliphatic hydroxyl groups excluding tert-OH is 3. The molecule has 0 radical (unpaired) electrons. The maximum absolute atomic E-state index is 13.1. The summed E-state index contributed by atoms with van der Waals surface area (Å²) in [5.74, 6) is -0.751. The number of carbonyl (C=O) groups excluding carboxylic acids is 3. The van der Waals surface area contributed by atoms with Crippen molar-refractivity contribution in [2.45, 2.75) is 158 Å². The normalized spacial score (nSPS) is 47.4. The maximum atomic E-state index is 13.1. The number of aliphatic hydroxyl groups is 5. The fourth-order valence-electron chi connectivity index (χ4n) is 8.97. The lowest BCUT2D eigenvalue weighted by Crippen LogP contribution is -2.83. The van der Waals surface area contributed by atoms with Crippen molar-refractivity contribution in [2.24, 2.45) is 11.3 Å². The molecule has 3 amide bonds. The van der Waals surface area contributed by atoms with E-state index in [1.165, 1.54) is 27.7 Å². The molecule has 0 aromatic rings. The van der Waals surface area contributed by atoms with Gasteiger partial charge in [-0.1, -0.05) is 20.3 Å². The first-order valence-electron chi connectivity index (χ1n) is 18.3.